The lowest BCUT2D eigenvalue weighted by molar-refractivity contribution is 0.177. The molecule has 1 nitrogen and oxygen atoms in total. The molecule has 1 aromatic carbocycles. The zero-order chi connectivity index (χ0) is 16.2. The minimum absolute atomic E-state index is 0.839. The number of piperidine rings is 1. The second-order valence-corrected chi connectivity index (χ2v) is 9.37. The van der Waals surface area contributed by atoms with Gasteiger partial charge in [0.2, 0.25) is 0 Å². The van der Waals surface area contributed by atoms with Crippen LogP contribution in [0.2, 0.25) is 6.04 Å². The van der Waals surface area contributed by atoms with Crippen LogP contribution < -0.4 is 5.19 Å². The van der Waals surface area contributed by atoms with Crippen molar-refractivity contribution in [3.63, 3.8) is 0 Å². The van der Waals surface area contributed by atoms with Gasteiger partial charge in [-0.25, -0.2) is 0 Å². The standard InChI is InChI=1S/C22H31NSi/c1-3-9-18(10-4-1)15-19-16-23-14-8-7-13-22(23)21(19)17-24-20-11-5-2-6-12-20/h2,5-6,11-12,15,18,21-22H,1,3-4,7-10,13-14,16-17H2/b19-15-/t21-,22+/m0/s1. The summed E-state index contributed by atoms with van der Waals surface area (Å²) >= 11 is 0. The van der Waals surface area contributed by atoms with Crippen LogP contribution in [0.5, 0.6) is 0 Å². The second-order valence-electron chi connectivity index (χ2n) is 8.03. The van der Waals surface area contributed by atoms with Gasteiger partial charge in [-0.2, -0.15) is 0 Å². The molecule has 1 saturated carbocycles. The molecule has 2 atom stereocenters. The Morgan fingerprint density at radius 3 is 2.58 bits per heavy atom. The average molecular weight is 338 g/mol. The van der Waals surface area contributed by atoms with E-state index in [1.807, 2.05) is 5.57 Å². The number of hydrogen-bond donors (Lipinski definition) is 0. The lowest BCUT2D eigenvalue weighted by atomic mass is 9.85. The van der Waals surface area contributed by atoms with Gasteiger partial charge in [0.15, 0.2) is 0 Å². The molecule has 3 fully saturated rings. The van der Waals surface area contributed by atoms with Crippen LogP contribution >= 0.6 is 0 Å². The molecule has 128 valence electrons. The largest absolute Gasteiger partial charge is 0.296 e. The molecule has 1 aliphatic carbocycles. The summed E-state index contributed by atoms with van der Waals surface area (Å²) in [5.41, 5.74) is 1.82. The molecule has 2 heteroatoms. The number of allylic oxidation sites excluding steroid dienone is 1. The van der Waals surface area contributed by atoms with Gasteiger partial charge >= 0.3 is 0 Å². The van der Waals surface area contributed by atoms with E-state index in [9.17, 15) is 0 Å². The van der Waals surface area contributed by atoms with Crippen molar-refractivity contribution in [2.75, 3.05) is 13.1 Å². The van der Waals surface area contributed by atoms with Gasteiger partial charge in [0.1, 0.15) is 0 Å². The van der Waals surface area contributed by atoms with E-state index in [2.05, 4.69) is 41.3 Å². The summed E-state index contributed by atoms with van der Waals surface area (Å²) in [7, 11) is 0.973. The third-order valence-electron chi connectivity index (χ3n) is 6.39. The number of nitrogens with zero attached hydrogens (tertiary/aromatic N) is 1. The molecule has 24 heavy (non-hydrogen) atoms. The first kappa shape index (κ1) is 16.6. The highest BCUT2D eigenvalue weighted by Crippen LogP contribution is 2.39. The molecule has 0 bridgehead atoms. The summed E-state index contributed by atoms with van der Waals surface area (Å²) in [6, 6.07) is 13.4. The van der Waals surface area contributed by atoms with Crippen molar-refractivity contribution in [3.8, 4) is 0 Å². The summed E-state index contributed by atoms with van der Waals surface area (Å²) in [4.78, 5) is 2.82. The SMILES string of the molecule is C(=C1\CN2CCCC[C@@H]2[C@H]1C[Si]c1ccccc1)/C1CCCCC1. The van der Waals surface area contributed by atoms with Crippen molar-refractivity contribution in [3.05, 3.63) is 42.0 Å². The van der Waals surface area contributed by atoms with Gasteiger partial charge in [-0.05, 0) is 50.1 Å². The van der Waals surface area contributed by atoms with E-state index in [0.717, 1.165) is 27.4 Å². The van der Waals surface area contributed by atoms with Crippen molar-refractivity contribution >= 4 is 14.7 Å². The quantitative estimate of drug-likeness (QED) is 0.580. The topological polar surface area (TPSA) is 3.24 Å². The third-order valence-corrected chi connectivity index (χ3v) is 7.78. The highest BCUT2D eigenvalue weighted by atomic mass is 28.2. The first-order chi connectivity index (χ1) is 11.9. The highest BCUT2D eigenvalue weighted by Gasteiger charge is 2.38. The monoisotopic (exact) mass is 337 g/mol. The summed E-state index contributed by atoms with van der Waals surface area (Å²) in [5, 5.41) is 1.55. The van der Waals surface area contributed by atoms with E-state index in [1.165, 1.54) is 70.5 Å². The molecule has 3 aliphatic rings. The molecule has 0 amide bonds. The van der Waals surface area contributed by atoms with Crippen molar-refractivity contribution in [2.24, 2.45) is 11.8 Å². The molecule has 2 aliphatic heterocycles. The summed E-state index contributed by atoms with van der Waals surface area (Å²) < 4.78 is 0. The van der Waals surface area contributed by atoms with Crippen LogP contribution in [0.4, 0.5) is 0 Å². The zero-order valence-corrected chi connectivity index (χ0v) is 15.9. The first-order valence-corrected chi connectivity index (χ1v) is 11.3. The lowest BCUT2D eigenvalue weighted by Gasteiger charge is -2.32. The smallest absolute Gasteiger partial charge is 0.0814 e. The fourth-order valence-corrected chi connectivity index (χ4v) is 6.52. The normalized spacial score (nSPS) is 30.6. The molecular weight excluding hydrogens is 306 g/mol. The van der Waals surface area contributed by atoms with Gasteiger partial charge in [0.25, 0.3) is 0 Å². The van der Waals surface area contributed by atoms with Gasteiger partial charge < -0.3 is 0 Å². The zero-order valence-electron chi connectivity index (χ0n) is 14.9. The Hall–Kier alpha value is -0.863. The molecule has 0 unspecified atom stereocenters. The average Bonchev–Trinajstić information content (AvgIpc) is 2.99. The fraction of sp³-hybridized carbons (Fsp3) is 0.636. The predicted molar refractivity (Wildman–Crippen MR) is 104 cm³/mol. The van der Waals surface area contributed by atoms with Crippen LogP contribution in [0.25, 0.3) is 0 Å². The summed E-state index contributed by atoms with van der Waals surface area (Å²) in [6.07, 6.45) is 14.3. The molecular formula is C22H31NSi. The Morgan fingerprint density at radius 1 is 0.958 bits per heavy atom. The first-order valence-electron chi connectivity index (χ1n) is 10.1. The van der Waals surface area contributed by atoms with Crippen LogP contribution in [0, 0.1) is 11.8 Å². The van der Waals surface area contributed by atoms with Gasteiger partial charge in [-0.15, -0.1) is 0 Å². The Kier molecular flexibility index (Phi) is 5.54. The Morgan fingerprint density at radius 2 is 1.75 bits per heavy atom. The third kappa shape index (κ3) is 3.86. The van der Waals surface area contributed by atoms with E-state index < -0.39 is 0 Å². The van der Waals surface area contributed by atoms with Crippen LogP contribution in [0.1, 0.15) is 51.4 Å². The second kappa shape index (κ2) is 8.01. The van der Waals surface area contributed by atoms with Gasteiger partial charge in [-0.1, -0.05) is 72.9 Å². The Labute approximate surface area is 150 Å². The fourth-order valence-electron chi connectivity index (χ4n) is 5.10. The maximum absolute atomic E-state index is 2.82. The molecule has 2 heterocycles. The van der Waals surface area contributed by atoms with E-state index >= 15 is 0 Å². The molecule has 2 saturated heterocycles. The van der Waals surface area contributed by atoms with E-state index in [0.29, 0.717) is 0 Å². The molecule has 0 N–H and O–H groups in total. The number of benzene rings is 1. The van der Waals surface area contributed by atoms with Crippen LogP contribution in [-0.2, 0) is 0 Å². The van der Waals surface area contributed by atoms with Crippen LogP contribution in [0.15, 0.2) is 42.0 Å². The maximum atomic E-state index is 2.82. The van der Waals surface area contributed by atoms with Crippen molar-refractivity contribution in [2.45, 2.75) is 63.5 Å². The highest BCUT2D eigenvalue weighted by molar-refractivity contribution is 6.53. The number of fused-ring (bicyclic) bond motifs is 1. The minimum Gasteiger partial charge on any atom is -0.296 e. The van der Waals surface area contributed by atoms with E-state index in [4.69, 9.17) is 0 Å². The number of rotatable bonds is 4. The Balaban J connectivity index is 1.48. The van der Waals surface area contributed by atoms with Gasteiger partial charge in [-0.3, -0.25) is 4.90 Å². The minimum atomic E-state index is 0.839. The van der Waals surface area contributed by atoms with Gasteiger partial charge in [0, 0.05) is 12.6 Å². The maximum Gasteiger partial charge on any atom is 0.0814 e. The van der Waals surface area contributed by atoms with Crippen molar-refractivity contribution < 1.29 is 0 Å². The predicted octanol–water partition coefficient (Wildman–Crippen LogP) is 4.43. The van der Waals surface area contributed by atoms with E-state index in [1.54, 1.807) is 5.19 Å². The molecule has 4 rings (SSSR count). The van der Waals surface area contributed by atoms with Crippen LogP contribution in [0.3, 0.4) is 0 Å². The summed E-state index contributed by atoms with van der Waals surface area (Å²) in [5.74, 6) is 1.73. The molecule has 2 radical (unpaired) electrons. The molecule has 1 aromatic rings. The summed E-state index contributed by atoms with van der Waals surface area (Å²) in [6.45, 7) is 2.63. The van der Waals surface area contributed by atoms with Crippen molar-refractivity contribution in [1.82, 2.24) is 4.90 Å². The van der Waals surface area contributed by atoms with E-state index in [-0.39, 0.29) is 0 Å². The molecule has 0 aromatic heterocycles. The Bertz CT molecular complexity index is 546. The van der Waals surface area contributed by atoms with Gasteiger partial charge in [0.05, 0.1) is 9.52 Å². The number of hydrogen-bond acceptors (Lipinski definition) is 1. The van der Waals surface area contributed by atoms with Crippen LogP contribution in [-0.4, -0.2) is 33.6 Å². The molecule has 0 spiro atoms. The lowest BCUT2D eigenvalue weighted by Crippen LogP contribution is -2.37. The van der Waals surface area contributed by atoms with Crippen molar-refractivity contribution in [1.29, 1.82) is 0 Å².